The van der Waals surface area contributed by atoms with Gasteiger partial charge >= 0.3 is 5.97 Å². The van der Waals surface area contributed by atoms with E-state index in [0.29, 0.717) is 6.04 Å². The van der Waals surface area contributed by atoms with Crippen LogP contribution in [-0.2, 0) is 14.4 Å². The lowest BCUT2D eigenvalue weighted by Gasteiger charge is -2.41. The number of aliphatic carboxylic acids is 1. The quantitative estimate of drug-likeness (QED) is 0.468. The summed E-state index contributed by atoms with van der Waals surface area (Å²) in [7, 11) is 1.69. The summed E-state index contributed by atoms with van der Waals surface area (Å²) in [6, 6.07) is -0.857. The van der Waals surface area contributed by atoms with E-state index in [4.69, 9.17) is 0 Å². The van der Waals surface area contributed by atoms with Gasteiger partial charge < -0.3 is 15.3 Å². The fraction of sp³-hybridized carbons (Fsp3) is 0.800. The number of nitrogens with one attached hydrogen (secondary N) is 1. The van der Waals surface area contributed by atoms with E-state index in [2.05, 4.69) is 24.1 Å². The molecule has 0 aromatic rings. The van der Waals surface area contributed by atoms with Gasteiger partial charge in [-0.05, 0) is 51.0 Å². The van der Waals surface area contributed by atoms with Crippen LogP contribution in [0.25, 0.3) is 0 Å². The molecule has 0 aromatic heterocycles. The number of carbonyl (C=O) groups is 3. The van der Waals surface area contributed by atoms with Gasteiger partial charge in [0.2, 0.25) is 11.8 Å². The molecule has 184 valence electrons. The van der Waals surface area contributed by atoms with E-state index in [9.17, 15) is 19.5 Å². The Kier molecular flexibility index (Phi) is 11.4. The highest BCUT2D eigenvalue weighted by atomic mass is 16.4. The monoisotopic (exact) mass is 451 g/mol. The summed E-state index contributed by atoms with van der Waals surface area (Å²) in [5.74, 6) is -1.31. The smallest absolute Gasteiger partial charge is 0.331 e. The number of hydrogen-bond acceptors (Lipinski definition) is 4. The van der Waals surface area contributed by atoms with Crippen LogP contribution in [0.5, 0.6) is 0 Å². The van der Waals surface area contributed by atoms with Crippen LogP contribution < -0.4 is 5.32 Å². The molecule has 0 saturated carbocycles. The molecule has 1 aliphatic heterocycles. The lowest BCUT2D eigenvalue weighted by atomic mass is 9.94. The number of carbonyl (C=O) groups excluding carboxylic acids is 2. The first kappa shape index (κ1) is 28.1. The van der Waals surface area contributed by atoms with Gasteiger partial charge in [0.05, 0.1) is 12.1 Å². The molecule has 2 unspecified atom stereocenters. The first-order chi connectivity index (χ1) is 15.0. The second kappa shape index (κ2) is 13.0. The van der Waals surface area contributed by atoms with E-state index in [1.807, 2.05) is 27.7 Å². The number of carboxylic acids is 1. The molecule has 1 heterocycles. The van der Waals surface area contributed by atoms with Crippen LogP contribution in [0.4, 0.5) is 0 Å². The zero-order valence-corrected chi connectivity index (χ0v) is 21.4. The van der Waals surface area contributed by atoms with Crippen LogP contribution in [0.15, 0.2) is 11.6 Å². The summed E-state index contributed by atoms with van der Waals surface area (Å²) >= 11 is 0. The topological polar surface area (TPSA) is 90.0 Å². The third-order valence-electron chi connectivity index (χ3n) is 6.72. The second-order valence-corrected chi connectivity index (χ2v) is 9.79. The molecule has 1 saturated heterocycles. The van der Waals surface area contributed by atoms with Crippen molar-refractivity contribution in [3.8, 4) is 0 Å². The van der Waals surface area contributed by atoms with Crippen LogP contribution in [0.3, 0.4) is 0 Å². The number of likely N-dealkylation sites (N-methyl/N-ethyl adjacent to an activating group) is 1. The number of likely N-dealkylation sites (tertiary alicyclic amines) is 1. The predicted molar refractivity (Wildman–Crippen MR) is 128 cm³/mol. The first-order valence-corrected chi connectivity index (χ1v) is 12.2. The van der Waals surface area contributed by atoms with Crippen molar-refractivity contribution < 1.29 is 19.5 Å². The summed E-state index contributed by atoms with van der Waals surface area (Å²) in [4.78, 5) is 42.0. The molecule has 0 radical (unpaired) electrons. The van der Waals surface area contributed by atoms with Crippen molar-refractivity contribution in [1.82, 2.24) is 15.1 Å². The van der Waals surface area contributed by atoms with Crippen LogP contribution >= 0.6 is 0 Å². The van der Waals surface area contributed by atoms with Crippen molar-refractivity contribution in [2.75, 3.05) is 13.6 Å². The number of carboxylic acid groups (broad SMARTS) is 1. The fourth-order valence-corrected chi connectivity index (χ4v) is 4.64. The Labute approximate surface area is 194 Å². The summed E-state index contributed by atoms with van der Waals surface area (Å²) in [6.45, 7) is 14.5. The van der Waals surface area contributed by atoms with E-state index in [0.717, 1.165) is 38.6 Å². The van der Waals surface area contributed by atoms with Crippen molar-refractivity contribution >= 4 is 17.8 Å². The van der Waals surface area contributed by atoms with Crippen molar-refractivity contribution in [3.05, 3.63) is 11.6 Å². The van der Waals surface area contributed by atoms with Crippen molar-refractivity contribution in [1.29, 1.82) is 0 Å². The minimum atomic E-state index is -0.996. The molecule has 2 amide bonds. The minimum absolute atomic E-state index is 0.0328. The van der Waals surface area contributed by atoms with Crippen LogP contribution in [0.1, 0.15) is 80.6 Å². The Morgan fingerprint density at radius 3 is 2.16 bits per heavy atom. The van der Waals surface area contributed by atoms with Gasteiger partial charge in [-0.1, -0.05) is 54.0 Å². The molecule has 1 aliphatic rings. The lowest BCUT2D eigenvalue weighted by Crippen LogP contribution is -2.59. The van der Waals surface area contributed by atoms with Crippen LogP contribution in [-0.4, -0.2) is 70.4 Å². The number of hydrogen-bond donors (Lipinski definition) is 2. The van der Waals surface area contributed by atoms with Crippen molar-refractivity contribution in [2.45, 2.75) is 105 Å². The summed E-state index contributed by atoms with van der Waals surface area (Å²) in [5.41, 5.74) is 0.205. The SMILES string of the molecule is CCC(CC)N1CCCCC1C(=O)NC(C(=O)N(C)[C@H](/C=C(\C)C(=O)O)C(C)C)C(C)C. The zero-order valence-electron chi connectivity index (χ0n) is 21.4. The van der Waals surface area contributed by atoms with Gasteiger partial charge in [-0.15, -0.1) is 0 Å². The zero-order chi connectivity index (χ0) is 24.6. The van der Waals surface area contributed by atoms with Crippen LogP contribution in [0.2, 0.25) is 0 Å². The molecule has 1 rings (SSSR count). The standard InChI is InChI=1S/C25H45N3O4/c1-9-19(10-2)28-14-12-11-13-20(28)23(29)26-22(17(5)6)24(30)27(8)21(16(3)4)15-18(7)25(31)32/h15-17,19-22H,9-14H2,1-8H3,(H,26,29)(H,31,32)/b18-15+/t20?,21-,22?/m1/s1. The lowest BCUT2D eigenvalue weighted by molar-refractivity contribution is -0.140. The number of piperidine rings is 1. The summed E-state index contributed by atoms with van der Waals surface area (Å²) in [5, 5.41) is 12.3. The molecule has 3 atom stereocenters. The van der Waals surface area contributed by atoms with Crippen molar-refractivity contribution in [3.63, 3.8) is 0 Å². The van der Waals surface area contributed by atoms with E-state index in [1.54, 1.807) is 18.0 Å². The third kappa shape index (κ3) is 7.32. The van der Waals surface area contributed by atoms with E-state index in [-0.39, 0.29) is 41.3 Å². The van der Waals surface area contributed by atoms with Gasteiger partial charge in [-0.3, -0.25) is 14.5 Å². The summed E-state index contributed by atoms with van der Waals surface area (Å²) < 4.78 is 0. The largest absolute Gasteiger partial charge is 0.478 e. The second-order valence-electron chi connectivity index (χ2n) is 9.79. The Hall–Kier alpha value is -1.89. The van der Waals surface area contributed by atoms with Gasteiger partial charge in [0.1, 0.15) is 6.04 Å². The Bertz CT molecular complexity index is 670. The molecule has 0 aliphatic carbocycles. The molecular formula is C25H45N3O4. The molecule has 7 heteroatoms. The van der Waals surface area contributed by atoms with Gasteiger partial charge in [0, 0.05) is 18.7 Å². The molecule has 7 nitrogen and oxygen atoms in total. The Morgan fingerprint density at radius 2 is 1.69 bits per heavy atom. The van der Waals surface area contributed by atoms with Gasteiger partial charge in [0.25, 0.3) is 0 Å². The van der Waals surface area contributed by atoms with Gasteiger partial charge in [-0.2, -0.15) is 0 Å². The predicted octanol–water partition coefficient (Wildman–Crippen LogP) is 3.68. The summed E-state index contributed by atoms with van der Waals surface area (Å²) in [6.07, 6.45) is 6.55. The molecule has 0 aromatic carbocycles. The normalized spacial score (nSPS) is 19.8. The molecule has 0 spiro atoms. The highest BCUT2D eigenvalue weighted by molar-refractivity contribution is 5.90. The average molecular weight is 452 g/mol. The number of amides is 2. The van der Waals surface area contributed by atoms with E-state index < -0.39 is 12.0 Å². The number of rotatable bonds is 11. The molecule has 1 fully saturated rings. The maximum absolute atomic E-state index is 13.4. The van der Waals surface area contributed by atoms with Crippen LogP contribution in [0, 0.1) is 11.8 Å². The number of nitrogens with zero attached hydrogens (tertiary/aromatic N) is 2. The molecular weight excluding hydrogens is 406 g/mol. The minimum Gasteiger partial charge on any atom is -0.478 e. The Morgan fingerprint density at radius 1 is 1.09 bits per heavy atom. The highest BCUT2D eigenvalue weighted by Gasteiger charge is 2.36. The van der Waals surface area contributed by atoms with Gasteiger partial charge in [0.15, 0.2) is 0 Å². The van der Waals surface area contributed by atoms with E-state index >= 15 is 0 Å². The molecule has 2 N–H and O–H groups in total. The molecule has 32 heavy (non-hydrogen) atoms. The van der Waals surface area contributed by atoms with E-state index in [1.165, 1.54) is 6.92 Å². The third-order valence-corrected chi connectivity index (χ3v) is 6.72. The maximum atomic E-state index is 13.4. The highest BCUT2D eigenvalue weighted by Crippen LogP contribution is 2.24. The van der Waals surface area contributed by atoms with Gasteiger partial charge in [-0.25, -0.2) is 4.79 Å². The maximum Gasteiger partial charge on any atom is 0.331 e. The molecule has 0 bridgehead atoms. The Balaban J connectivity index is 3.08. The fourth-order valence-electron chi connectivity index (χ4n) is 4.64. The average Bonchev–Trinajstić information content (AvgIpc) is 2.75. The first-order valence-electron chi connectivity index (χ1n) is 12.2. The van der Waals surface area contributed by atoms with Crippen molar-refractivity contribution in [2.24, 2.45) is 11.8 Å².